The second-order valence-corrected chi connectivity index (χ2v) is 4.60. The maximum Gasteiger partial charge on any atom is 0.255 e. The van der Waals surface area contributed by atoms with Gasteiger partial charge in [-0.3, -0.25) is 4.79 Å². The molecule has 0 bridgehead atoms. The number of amides is 1. The Morgan fingerprint density at radius 1 is 1.50 bits per heavy atom. The molecule has 14 heavy (non-hydrogen) atoms. The van der Waals surface area contributed by atoms with Crippen molar-refractivity contribution in [1.82, 2.24) is 10.6 Å². The molecule has 0 radical (unpaired) electrons. The van der Waals surface area contributed by atoms with Crippen LogP contribution in [0.2, 0.25) is 0 Å². The van der Waals surface area contributed by atoms with E-state index in [1.807, 2.05) is 0 Å². The highest BCUT2D eigenvalue weighted by atomic mass is 19.1. The fraction of sp³-hybridized carbons (Fsp3) is 0.900. The minimum Gasteiger partial charge on any atom is -0.351 e. The summed E-state index contributed by atoms with van der Waals surface area (Å²) in [6, 6.07) is 0.226. The summed E-state index contributed by atoms with van der Waals surface area (Å²) >= 11 is 0. The number of hydrogen-bond donors (Lipinski definition) is 2. The Balaban J connectivity index is 1.71. The molecule has 2 rings (SSSR count). The quantitative estimate of drug-likeness (QED) is 0.695. The molecule has 0 spiro atoms. The van der Waals surface area contributed by atoms with E-state index in [0.717, 1.165) is 12.8 Å². The molecule has 2 fully saturated rings. The first-order valence-electron chi connectivity index (χ1n) is 5.32. The minimum absolute atomic E-state index is 0.104. The number of nitrogens with one attached hydrogen (secondary N) is 2. The van der Waals surface area contributed by atoms with E-state index < -0.39 is 12.1 Å². The van der Waals surface area contributed by atoms with Gasteiger partial charge in [0.1, 0.15) is 0 Å². The molecule has 4 heteroatoms. The first-order chi connectivity index (χ1) is 6.66. The van der Waals surface area contributed by atoms with Crippen molar-refractivity contribution in [2.45, 2.75) is 32.0 Å². The van der Waals surface area contributed by atoms with Gasteiger partial charge in [-0.1, -0.05) is 6.92 Å². The largest absolute Gasteiger partial charge is 0.351 e. The molecular weight excluding hydrogens is 183 g/mol. The van der Waals surface area contributed by atoms with Gasteiger partial charge in [-0.15, -0.1) is 0 Å². The Hall–Kier alpha value is -0.640. The van der Waals surface area contributed by atoms with Crippen LogP contribution < -0.4 is 10.6 Å². The van der Waals surface area contributed by atoms with Gasteiger partial charge in [-0.2, -0.15) is 0 Å². The Morgan fingerprint density at radius 3 is 2.57 bits per heavy atom. The van der Waals surface area contributed by atoms with Crippen LogP contribution in [0.25, 0.3) is 0 Å². The third kappa shape index (κ3) is 1.90. The maximum atomic E-state index is 13.4. The van der Waals surface area contributed by atoms with E-state index in [4.69, 9.17) is 0 Å². The summed E-state index contributed by atoms with van der Waals surface area (Å²) < 4.78 is 13.4. The van der Waals surface area contributed by atoms with Crippen molar-refractivity contribution >= 4 is 5.91 Å². The first-order valence-corrected chi connectivity index (χ1v) is 5.32. The van der Waals surface area contributed by atoms with Crippen LogP contribution in [0.4, 0.5) is 4.39 Å². The fourth-order valence-electron chi connectivity index (χ4n) is 2.03. The van der Waals surface area contributed by atoms with Crippen LogP contribution in [0, 0.1) is 11.8 Å². The van der Waals surface area contributed by atoms with Crippen LogP contribution in [0.15, 0.2) is 0 Å². The highest BCUT2D eigenvalue weighted by Gasteiger charge is 2.35. The third-order valence-corrected chi connectivity index (χ3v) is 3.20. The average Bonchev–Trinajstić information content (AvgIpc) is 1.98. The van der Waals surface area contributed by atoms with Gasteiger partial charge < -0.3 is 10.6 Å². The van der Waals surface area contributed by atoms with E-state index in [1.165, 1.54) is 0 Å². The Labute approximate surface area is 83.4 Å². The van der Waals surface area contributed by atoms with E-state index in [1.54, 1.807) is 0 Å². The van der Waals surface area contributed by atoms with Crippen LogP contribution in [-0.2, 0) is 4.79 Å². The molecular formula is C10H17FN2O. The zero-order valence-corrected chi connectivity index (χ0v) is 8.42. The second kappa shape index (κ2) is 3.85. The van der Waals surface area contributed by atoms with Gasteiger partial charge in [0.25, 0.3) is 5.91 Å². The van der Waals surface area contributed by atoms with E-state index in [0.29, 0.717) is 19.0 Å². The molecule has 1 unspecified atom stereocenters. The van der Waals surface area contributed by atoms with Gasteiger partial charge in [0.15, 0.2) is 6.17 Å². The van der Waals surface area contributed by atoms with Crippen LogP contribution >= 0.6 is 0 Å². The predicted molar refractivity (Wildman–Crippen MR) is 51.6 cm³/mol. The SMILES string of the molecule is CC1CC(NC(=O)C(F)C2CNC2)C1. The molecule has 1 atom stereocenters. The van der Waals surface area contributed by atoms with Crippen molar-refractivity contribution in [3.05, 3.63) is 0 Å². The lowest BCUT2D eigenvalue weighted by molar-refractivity contribution is -0.130. The predicted octanol–water partition coefficient (Wildman–Crippen LogP) is 0.459. The third-order valence-electron chi connectivity index (χ3n) is 3.20. The standard InChI is InChI=1S/C10H17FN2O/c1-6-2-8(3-6)13-10(14)9(11)7-4-12-5-7/h6-9,12H,2-5H2,1H3,(H,13,14). The lowest BCUT2D eigenvalue weighted by atomic mass is 9.81. The number of hydrogen-bond acceptors (Lipinski definition) is 2. The van der Waals surface area contributed by atoms with Gasteiger partial charge in [-0.25, -0.2) is 4.39 Å². The van der Waals surface area contributed by atoms with Gasteiger partial charge in [0, 0.05) is 25.0 Å². The van der Waals surface area contributed by atoms with Gasteiger partial charge in [-0.05, 0) is 18.8 Å². The minimum atomic E-state index is -1.31. The average molecular weight is 200 g/mol. The van der Waals surface area contributed by atoms with Crippen LogP contribution in [0.1, 0.15) is 19.8 Å². The van der Waals surface area contributed by atoms with Crippen molar-refractivity contribution in [3.63, 3.8) is 0 Å². The molecule has 2 aliphatic rings. The Kier molecular flexibility index (Phi) is 2.72. The molecule has 1 aliphatic carbocycles. The van der Waals surface area contributed by atoms with Crippen LogP contribution in [0.3, 0.4) is 0 Å². The van der Waals surface area contributed by atoms with Crippen molar-refractivity contribution in [2.75, 3.05) is 13.1 Å². The summed E-state index contributed by atoms with van der Waals surface area (Å²) in [5.74, 6) is 0.171. The number of rotatable bonds is 3. The molecule has 2 N–H and O–H groups in total. The molecule has 1 saturated heterocycles. The van der Waals surface area contributed by atoms with Crippen LogP contribution in [-0.4, -0.2) is 31.2 Å². The maximum absolute atomic E-state index is 13.4. The number of alkyl halides is 1. The van der Waals surface area contributed by atoms with Gasteiger partial charge in [0.05, 0.1) is 0 Å². The van der Waals surface area contributed by atoms with Crippen LogP contribution in [0.5, 0.6) is 0 Å². The lowest BCUT2D eigenvalue weighted by Crippen LogP contribution is -2.54. The first kappa shape index (κ1) is 9.90. The van der Waals surface area contributed by atoms with Crippen molar-refractivity contribution < 1.29 is 9.18 Å². The number of carbonyl (C=O) groups is 1. The second-order valence-electron chi connectivity index (χ2n) is 4.60. The number of halogens is 1. The summed E-state index contributed by atoms with van der Waals surface area (Å²) in [5.41, 5.74) is 0. The molecule has 1 saturated carbocycles. The zero-order valence-electron chi connectivity index (χ0n) is 8.42. The molecule has 80 valence electrons. The summed E-state index contributed by atoms with van der Waals surface area (Å²) in [4.78, 5) is 11.4. The molecule has 0 aromatic carbocycles. The topological polar surface area (TPSA) is 41.1 Å². The highest BCUT2D eigenvalue weighted by molar-refractivity contribution is 5.81. The number of carbonyl (C=O) groups excluding carboxylic acids is 1. The summed E-state index contributed by atoms with van der Waals surface area (Å²) in [5, 5.41) is 5.72. The smallest absolute Gasteiger partial charge is 0.255 e. The van der Waals surface area contributed by atoms with Gasteiger partial charge >= 0.3 is 0 Å². The Morgan fingerprint density at radius 2 is 2.14 bits per heavy atom. The molecule has 1 heterocycles. The summed E-state index contributed by atoms with van der Waals surface area (Å²) in [6.07, 6.45) is 0.690. The molecule has 3 nitrogen and oxygen atoms in total. The van der Waals surface area contributed by atoms with Crippen molar-refractivity contribution in [3.8, 4) is 0 Å². The monoisotopic (exact) mass is 200 g/mol. The van der Waals surface area contributed by atoms with Crippen molar-refractivity contribution in [1.29, 1.82) is 0 Å². The molecule has 0 aromatic heterocycles. The fourth-order valence-corrected chi connectivity index (χ4v) is 2.03. The molecule has 1 aliphatic heterocycles. The van der Waals surface area contributed by atoms with E-state index >= 15 is 0 Å². The Bertz CT molecular complexity index is 224. The van der Waals surface area contributed by atoms with E-state index in [9.17, 15) is 9.18 Å². The van der Waals surface area contributed by atoms with Gasteiger partial charge in [0.2, 0.25) is 0 Å². The van der Waals surface area contributed by atoms with Crippen molar-refractivity contribution in [2.24, 2.45) is 11.8 Å². The summed E-state index contributed by atoms with van der Waals surface area (Å²) in [7, 11) is 0. The van der Waals surface area contributed by atoms with E-state index in [2.05, 4.69) is 17.6 Å². The summed E-state index contributed by atoms with van der Waals surface area (Å²) in [6.45, 7) is 3.41. The highest BCUT2D eigenvalue weighted by Crippen LogP contribution is 2.26. The molecule has 1 amide bonds. The molecule has 0 aromatic rings. The normalized spacial score (nSPS) is 34.1. The zero-order chi connectivity index (χ0) is 10.1. The lowest BCUT2D eigenvalue weighted by Gasteiger charge is -2.35. The van der Waals surface area contributed by atoms with E-state index in [-0.39, 0.29) is 12.0 Å².